The van der Waals surface area contributed by atoms with Crippen LogP contribution in [0, 0.1) is 0 Å². The van der Waals surface area contributed by atoms with Gasteiger partial charge in [0.15, 0.2) is 0 Å². The van der Waals surface area contributed by atoms with Crippen molar-refractivity contribution in [1.29, 1.82) is 0 Å². The lowest BCUT2D eigenvalue weighted by Crippen LogP contribution is -2.26. The fourth-order valence-electron chi connectivity index (χ4n) is 12.7. The molecule has 0 radical (unpaired) electrons. The van der Waals surface area contributed by atoms with Gasteiger partial charge in [0.2, 0.25) is 0 Å². The zero-order valence-electron chi connectivity index (χ0n) is 56.4. The van der Waals surface area contributed by atoms with E-state index in [0.29, 0.717) is 6.67 Å². The molecule has 0 amide bonds. The molecule has 1 aliphatic rings. The molecule has 0 fully saturated rings. The van der Waals surface area contributed by atoms with Crippen LogP contribution in [-0.4, -0.2) is 16.2 Å². The molecule has 0 saturated carbocycles. The number of pyridine rings is 1. The molecule has 0 saturated heterocycles. The fraction of sp³-hybridized carbons (Fsp3) is 0.354. The lowest BCUT2D eigenvalue weighted by Gasteiger charge is -2.33. The number of hydrogen-bond donors (Lipinski definition) is 0. The first kappa shape index (κ1) is 60.6. The van der Waals surface area contributed by atoms with Gasteiger partial charge in [0.1, 0.15) is 24.0 Å². The van der Waals surface area contributed by atoms with Crippen molar-refractivity contribution < 1.29 is 4.74 Å². The highest BCUT2D eigenvalue weighted by Crippen LogP contribution is 2.54. The number of aromatic nitrogens is 2. The summed E-state index contributed by atoms with van der Waals surface area (Å²) in [5, 5.41) is 4.98. The Bertz CT molecular complexity index is 4390. The summed E-state index contributed by atoms with van der Waals surface area (Å²) in [6, 6.07) is 60.4. The molecule has 1 aliphatic heterocycles. The molecule has 12 rings (SSSR count). The second-order valence-corrected chi connectivity index (χ2v) is 33.5. The van der Waals surface area contributed by atoms with Crippen LogP contribution in [0.25, 0.3) is 70.0 Å². The van der Waals surface area contributed by atoms with Crippen LogP contribution in [0.1, 0.15) is 184 Å². The summed E-state index contributed by atoms with van der Waals surface area (Å²) in [5.74, 6) is 2.45. The van der Waals surface area contributed by atoms with Gasteiger partial charge in [-0.2, -0.15) is 0 Å². The number of nitrogens with zero attached hydrogens (tertiary/aromatic N) is 4. The maximum atomic E-state index is 7.30. The van der Waals surface area contributed by atoms with Crippen molar-refractivity contribution >= 4 is 76.1 Å². The van der Waals surface area contributed by atoms with Crippen molar-refractivity contribution in [3.63, 3.8) is 0 Å². The Kier molecular flexibility index (Phi) is 14.4. The summed E-state index contributed by atoms with van der Waals surface area (Å²) in [4.78, 5) is 10.2. The van der Waals surface area contributed by atoms with Gasteiger partial charge in [-0.3, -0.25) is 4.57 Å². The number of thiophene rings is 1. The van der Waals surface area contributed by atoms with Crippen LogP contribution in [0.4, 0.5) is 22.7 Å². The lowest BCUT2D eigenvalue weighted by atomic mass is 9.76. The van der Waals surface area contributed by atoms with Crippen LogP contribution < -0.4 is 14.5 Å². The number of fused-ring (bicyclic) bond motifs is 8. The minimum absolute atomic E-state index is 0.0595. The smallest absolute Gasteiger partial charge is 0.137 e. The van der Waals surface area contributed by atoms with Crippen molar-refractivity contribution in [2.45, 2.75) is 183 Å². The maximum absolute atomic E-state index is 7.30. The summed E-state index contributed by atoms with van der Waals surface area (Å²) in [6.45, 7) is 49.7. The van der Waals surface area contributed by atoms with Crippen molar-refractivity contribution in [3.8, 4) is 39.6 Å². The first-order valence-electron chi connectivity index (χ1n) is 31.8. The zero-order valence-corrected chi connectivity index (χ0v) is 57.2. The van der Waals surface area contributed by atoms with E-state index < -0.39 is 0 Å². The number of hydrogen-bond acceptors (Lipinski definition) is 5. The lowest BCUT2D eigenvalue weighted by molar-refractivity contribution is 0.479. The molecule has 3 aromatic heterocycles. The van der Waals surface area contributed by atoms with Gasteiger partial charge in [-0.1, -0.05) is 218 Å². The van der Waals surface area contributed by atoms with E-state index in [4.69, 9.17) is 9.72 Å². The Morgan fingerprint density at radius 1 is 0.386 bits per heavy atom. The topological polar surface area (TPSA) is 33.5 Å². The van der Waals surface area contributed by atoms with E-state index >= 15 is 0 Å². The third-order valence-electron chi connectivity index (χ3n) is 18.3. The van der Waals surface area contributed by atoms with Crippen LogP contribution in [0.15, 0.2) is 164 Å². The molecule has 0 spiro atoms. The van der Waals surface area contributed by atoms with Gasteiger partial charge in [-0.15, -0.1) is 11.3 Å². The maximum Gasteiger partial charge on any atom is 0.137 e. The molecular formula is C82H92N4OS. The van der Waals surface area contributed by atoms with E-state index in [0.717, 1.165) is 39.7 Å². The summed E-state index contributed by atoms with van der Waals surface area (Å²) in [7, 11) is 0. The van der Waals surface area contributed by atoms with Crippen LogP contribution in [0.2, 0.25) is 0 Å². The predicted octanol–water partition coefficient (Wildman–Crippen LogP) is 24.0. The molecule has 11 aromatic rings. The number of rotatable bonds is 7. The Morgan fingerprint density at radius 2 is 0.875 bits per heavy atom. The van der Waals surface area contributed by atoms with E-state index in [9.17, 15) is 0 Å². The Morgan fingerprint density at radius 3 is 1.42 bits per heavy atom. The van der Waals surface area contributed by atoms with Gasteiger partial charge >= 0.3 is 0 Å². The zero-order chi connectivity index (χ0) is 63.2. The average molecular weight is 1180 g/mol. The SMILES string of the molecule is CC(C)(C)c1cc(Oc2ccc3c4c5sc6ccccc6c5ccc4n(-c4cc(C(C)(C)C)ccn4)c3c2)cc(N2CN(c3c(-c4cc(C(C)(C)C)cc(C(C)(C)C)c4)cc(C(C)(C)C)cc3-c3cc(C(C)(C)C)cc(C(C)(C)C)c3)c3ccccc32)c1. The summed E-state index contributed by atoms with van der Waals surface area (Å²) < 4.78 is 12.2. The Labute approximate surface area is 529 Å². The Hall–Kier alpha value is -7.67. The molecule has 452 valence electrons. The first-order valence-corrected chi connectivity index (χ1v) is 32.7. The second-order valence-electron chi connectivity index (χ2n) is 32.4. The largest absolute Gasteiger partial charge is 0.457 e. The number of anilines is 4. The van der Waals surface area contributed by atoms with Gasteiger partial charge < -0.3 is 14.5 Å². The van der Waals surface area contributed by atoms with E-state index in [1.54, 1.807) is 0 Å². The van der Waals surface area contributed by atoms with Crippen LogP contribution in [0.3, 0.4) is 0 Å². The van der Waals surface area contributed by atoms with Crippen LogP contribution in [-0.2, 0) is 37.9 Å². The quantitative estimate of drug-likeness (QED) is 0.159. The minimum atomic E-state index is -0.197. The molecule has 0 aliphatic carbocycles. The van der Waals surface area contributed by atoms with E-state index in [1.807, 2.05) is 17.5 Å². The third-order valence-corrected chi connectivity index (χ3v) is 19.5. The van der Waals surface area contributed by atoms with Gasteiger partial charge in [-0.05, 0) is 161 Å². The predicted molar refractivity (Wildman–Crippen MR) is 382 cm³/mol. The van der Waals surface area contributed by atoms with Crippen molar-refractivity contribution in [2.75, 3.05) is 16.5 Å². The number of ether oxygens (including phenoxy) is 1. The normalized spacial score (nSPS) is 13.9. The van der Waals surface area contributed by atoms with E-state index in [1.165, 1.54) is 104 Å². The molecular weight excluding hydrogens is 1090 g/mol. The summed E-state index contributed by atoms with van der Waals surface area (Å²) >= 11 is 1.87. The van der Waals surface area contributed by atoms with E-state index in [-0.39, 0.29) is 37.9 Å². The summed E-state index contributed by atoms with van der Waals surface area (Å²) in [6.07, 6.45) is 1.96. The van der Waals surface area contributed by atoms with Crippen molar-refractivity contribution in [1.82, 2.24) is 9.55 Å². The van der Waals surface area contributed by atoms with Gasteiger partial charge in [-0.25, -0.2) is 4.98 Å². The second kappa shape index (κ2) is 21.0. The fourth-order valence-corrected chi connectivity index (χ4v) is 13.9. The Balaban J connectivity index is 1.06. The van der Waals surface area contributed by atoms with E-state index in [2.05, 4.69) is 317 Å². The summed E-state index contributed by atoms with van der Waals surface area (Å²) in [5.41, 5.74) is 20.1. The molecule has 88 heavy (non-hydrogen) atoms. The number of para-hydroxylation sites is 2. The van der Waals surface area contributed by atoms with Crippen LogP contribution >= 0.6 is 11.3 Å². The molecule has 0 atom stereocenters. The average Bonchev–Trinajstić information content (AvgIpc) is 1.53. The molecule has 8 aromatic carbocycles. The highest BCUT2D eigenvalue weighted by atomic mass is 32.1. The molecule has 0 N–H and O–H groups in total. The molecule has 0 unspecified atom stereocenters. The van der Waals surface area contributed by atoms with Crippen molar-refractivity contribution in [2.24, 2.45) is 0 Å². The standard InChI is InChI=1S/C82H92N4OS/c1-76(2,3)52-34-35-83-72(46-52)86-69-33-32-63-62-26-22-25-29-71(62)88-75(63)73(69)64-31-30-60(48-70(64)86)87-61-43-57(81(16,17)18)42-59(47-61)84-49-85(68-28-24-23-27-67(68)84)74-65(50-36-53(77(4,5)6)40-54(37-50)78(7,8)9)44-58(82(19,20)21)45-66(74)51-38-55(79(10,11)12)41-56(39-51)80(13,14)15/h22-48H,49H2,1-21H3. The first-order chi connectivity index (χ1) is 41.0. The highest BCUT2D eigenvalue weighted by molar-refractivity contribution is 7.26. The molecule has 5 nitrogen and oxygen atoms in total. The van der Waals surface area contributed by atoms with Crippen LogP contribution in [0.5, 0.6) is 11.5 Å². The minimum Gasteiger partial charge on any atom is -0.457 e. The number of benzene rings is 8. The molecule has 6 heteroatoms. The van der Waals surface area contributed by atoms with Crippen molar-refractivity contribution in [3.05, 3.63) is 203 Å². The van der Waals surface area contributed by atoms with Gasteiger partial charge in [0.25, 0.3) is 0 Å². The molecule has 4 heterocycles. The highest BCUT2D eigenvalue weighted by Gasteiger charge is 2.36. The third kappa shape index (κ3) is 11.2. The molecule has 0 bridgehead atoms. The van der Waals surface area contributed by atoms with Gasteiger partial charge in [0, 0.05) is 66.1 Å². The van der Waals surface area contributed by atoms with Gasteiger partial charge in [0.05, 0.1) is 28.1 Å². The monoisotopic (exact) mass is 1180 g/mol.